The first kappa shape index (κ1) is 16.8. The van der Waals surface area contributed by atoms with E-state index in [0.29, 0.717) is 42.4 Å². The second-order valence-corrected chi connectivity index (χ2v) is 6.02. The topological polar surface area (TPSA) is 86.6 Å². The molecule has 2 aromatic rings. The van der Waals surface area contributed by atoms with Crippen molar-refractivity contribution in [2.45, 2.75) is 13.5 Å². The van der Waals surface area contributed by atoms with Crippen molar-refractivity contribution in [2.75, 3.05) is 37.8 Å². The van der Waals surface area contributed by atoms with E-state index in [1.807, 2.05) is 4.90 Å². The summed E-state index contributed by atoms with van der Waals surface area (Å²) in [7, 11) is 0. The third-order valence-corrected chi connectivity index (χ3v) is 4.08. The second-order valence-electron chi connectivity index (χ2n) is 5.21. The lowest BCUT2D eigenvalue weighted by Gasteiger charge is -2.29. The Kier molecular flexibility index (Phi) is 5.10. The monoisotopic (exact) mass is 396 g/mol. The Bertz CT molecular complexity index is 817. The van der Waals surface area contributed by atoms with Crippen LogP contribution in [0.25, 0.3) is 11.0 Å². The van der Waals surface area contributed by atoms with Crippen molar-refractivity contribution in [3.8, 4) is 0 Å². The Balaban J connectivity index is 2.13. The number of ether oxygens (including phenoxy) is 2. The number of pyridine rings is 1. The zero-order valence-electron chi connectivity index (χ0n) is 13.2. The molecule has 1 saturated heterocycles. The molecule has 9 heteroatoms. The first-order chi connectivity index (χ1) is 11.6. The molecule has 1 fully saturated rings. The van der Waals surface area contributed by atoms with E-state index in [9.17, 15) is 9.59 Å². The SMILES string of the molecule is CCOC(=O)Cn1c(N2CCOCC2)nc2ccc(Br)nc2c1=O. The highest BCUT2D eigenvalue weighted by atomic mass is 79.9. The number of aromatic nitrogens is 3. The summed E-state index contributed by atoms with van der Waals surface area (Å²) in [5.74, 6) is -0.0433. The number of anilines is 1. The molecular weight excluding hydrogens is 380 g/mol. The van der Waals surface area contributed by atoms with Crippen LogP contribution in [0.4, 0.5) is 5.95 Å². The van der Waals surface area contributed by atoms with E-state index < -0.39 is 5.97 Å². The van der Waals surface area contributed by atoms with Gasteiger partial charge in [0.05, 0.1) is 25.3 Å². The smallest absolute Gasteiger partial charge is 0.326 e. The van der Waals surface area contributed by atoms with E-state index in [2.05, 4.69) is 25.9 Å². The van der Waals surface area contributed by atoms with Crippen molar-refractivity contribution >= 4 is 38.9 Å². The van der Waals surface area contributed by atoms with Crippen LogP contribution >= 0.6 is 15.9 Å². The predicted molar refractivity (Wildman–Crippen MR) is 91.2 cm³/mol. The van der Waals surface area contributed by atoms with Crippen molar-refractivity contribution in [3.05, 3.63) is 27.1 Å². The Morgan fingerprint density at radius 1 is 1.33 bits per heavy atom. The molecule has 0 N–H and O–H groups in total. The minimum absolute atomic E-state index is 0.198. The summed E-state index contributed by atoms with van der Waals surface area (Å²) in [5, 5.41) is 0. The largest absolute Gasteiger partial charge is 0.465 e. The third-order valence-electron chi connectivity index (χ3n) is 3.64. The van der Waals surface area contributed by atoms with Gasteiger partial charge in [0.2, 0.25) is 5.95 Å². The van der Waals surface area contributed by atoms with Crippen LogP contribution in [-0.4, -0.2) is 53.4 Å². The maximum absolute atomic E-state index is 12.9. The van der Waals surface area contributed by atoms with Crippen molar-refractivity contribution < 1.29 is 14.3 Å². The third kappa shape index (κ3) is 3.41. The lowest BCUT2D eigenvalue weighted by Crippen LogP contribution is -2.41. The number of rotatable bonds is 4. The Morgan fingerprint density at radius 2 is 2.08 bits per heavy atom. The Labute approximate surface area is 146 Å². The van der Waals surface area contributed by atoms with Crippen molar-refractivity contribution in [1.29, 1.82) is 0 Å². The number of carbonyl (C=O) groups excluding carboxylic acids is 1. The molecule has 2 aromatic heterocycles. The molecule has 0 unspecified atom stereocenters. The van der Waals surface area contributed by atoms with Gasteiger partial charge in [0.1, 0.15) is 11.1 Å². The quantitative estimate of drug-likeness (QED) is 0.561. The van der Waals surface area contributed by atoms with Gasteiger partial charge in [-0.2, -0.15) is 0 Å². The number of hydrogen-bond donors (Lipinski definition) is 0. The lowest BCUT2D eigenvalue weighted by molar-refractivity contribution is -0.143. The standard InChI is InChI=1S/C15H17BrN4O4/c1-2-24-12(21)9-20-14(22)13-10(3-4-11(16)18-13)17-15(20)19-5-7-23-8-6-19/h3-4H,2,5-9H2,1H3. The van der Waals surface area contributed by atoms with Gasteiger partial charge >= 0.3 is 5.97 Å². The molecule has 0 amide bonds. The average molecular weight is 397 g/mol. The molecule has 3 rings (SSSR count). The van der Waals surface area contributed by atoms with Gasteiger partial charge in [0, 0.05) is 13.1 Å². The molecule has 1 aliphatic heterocycles. The number of fused-ring (bicyclic) bond motifs is 1. The van der Waals surface area contributed by atoms with Crippen molar-refractivity contribution in [3.63, 3.8) is 0 Å². The van der Waals surface area contributed by atoms with Gasteiger partial charge < -0.3 is 14.4 Å². The molecule has 128 valence electrons. The maximum Gasteiger partial charge on any atom is 0.326 e. The summed E-state index contributed by atoms with van der Waals surface area (Å²) in [5.41, 5.74) is 0.339. The van der Waals surface area contributed by atoms with Crippen LogP contribution in [0.1, 0.15) is 6.92 Å². The van der Waals surface area contributed by atoms with Crippen molar-refractivity contribution in [1.82, 2.24) is 14.5 Å². The van der Waals surface area contributed by atoms with Crippen LogP contribution in [0, 0.1) is 0 Å². The second kappa shape index (κ2) is 7.27. The van der Waals surface area contributed by atoms with Crippen LogP contribution in [0.15, 0.2) is 21.5 Å². The van der Waals surface area contributed by atoms with Gasteiger partial charge in [-0.3, -0.25) is 14.2 Å². The normalized spacial score (nSPS) is 14.8. The summed E-state index contributed by atoms with van der Waals surface area (Å²) in [6.45, 7) is 4.08. The first-order valence-electron chi connectivity index (χ1n) is 7.65. The van der Waals surface area contributed by atoms with Crippen LogP contribution in [-0.2, 0) is 20.8 Å². The summed E-state index contributed by atoms with van der Waals surface area (Å²) < 4.78 is 12.2. The molecule has 0 spiro atoms. The summed E-state index contributed by atoms with van der Waals surface area (Å²) in [6, 6.07) is 3.46. The minimum Gasteiger partial charge on any atom is -0.465 e. The summed E-state index contributed by atoms with van der Waals surface area (Å²) in [6.07, 6.45) is 0. The van der Waals surface area contributed by atoms with Gasteiger partial charge in [0.25, 0.3) is 5.56 Å². The average Bonchev–Trinajstić information content (AvgIpc) is 2.59. The first-order valence-corrected chi connectivity index (χ1v) is 8.45. The van der Waals surface area contributed by atoms with Gasteiger partial charge in [0.15, 0.2) is 5.52 Å². The number of nitrogens with zero attached hydrogens (tertiary/aromatic N) is 4. The fourth-order valence-corrected chi connectivity index (χ4v) is 2.85. The molecule has 24 heavy (non-hydrogen) atoms. The number of hydrogen-bond acceptors (Lipinski definition) is 7. The van der Waals surface area contributed by atoms with Crippen LogP contribution in [0.5, 0.6) is 0 Å². The van der Waals surface area contributed by atoms with E-state index in [1.54, 1.807) is 19.1 Å². The molecule has 0 aromatic carbocycles. The Hall–Kier alpha value is -2.00. The van der Waals surface area contributed by atoms with Gasteiger partial charge in [-0.15, -0.1) is 0 Å². The molecule has 3 heterocycles. The molecule has 0 atom stereocenters. The highest BCUT2D eigenvalue weighted by molar-refractivity contribution is 9.10. The van der Waals surface area contributed by atoms with Crippen LogP contribution in [0.2, 0.25) is 0 Å². The minimum atomic E-state index is -0.481. The van der Waals surface area contributed by atoms with E-state index in [-0.39, 0.29) is 24.2 Å². The molecule has 0 bridgehead atoms. The molecule has 0 saturated carbocycles. The highest BCUT2D eigenvalue weighted by Gasteiger charge is 2.21. The van der Waals surface area contributed by atoms with Gasteiger partial charge in [-0.25, -0.2) is 9.97 Å². The number of esters is 1. The van der Waals surface area contributed by atoms with Crippen LogP contribution < -0.4 is 10.5 Å². The summed E-state index contributed by atoms with van der Waals surface area (Å²) in [4.78, 5) is 35.5. The molecule has 0 aliphatic carbocycles. The molecule has 0 radical (unpaired) electrons. The number of carbonyl (C=O) groups is 1. The number of morpholine rings is 1. The van der Waals surface area contributed by atoms with Gasteiger partial charge in [-0.05, 0) is 35.0 Å². The lowest BCUT2D eigenvalue weighted by atomic mass is 10.3. The molecular formula is C15H17BrN4O4. The van der Waals surface area contributed by atoms with Crippen LogP contribution in [0.3, 0.4) is 0 Å². The van der Waals surface area contributed by atoms with E-state index in [0.717, 1.165) is 0 Å². The fourth-order valence-electron chi connectivity index (χ4n) is 2.55. The number of halogens is 1. The molecule has 8 nitrogen and oxygen atoms in total. The zero-order chi connectivity index (χ0) is 17.1. The zero-order valence-corrected chi connectivity index (χ0v) is 14.8. The molecule has 1 aliphatic rings. The summed E-state index contributed by atoms with van der Waals surface area (Å²) >= 11 is 3.26. The fraction of sp³-hybridized carbons (Fsp3) is 0.467. The Morgan fingerprint density at radius 3 is 2.79 bits per heavy atom. The van der Waals surface area contributed by atoms with Gasteiger partial charge in [-0.1, -0.05) is 0 Å². The van der Waals surface area contributed by atoms with E-state index in [1.165, 1.54) is 4.57 Å². The highest BCUT2D eigenvalue weighted by Crippen LogP contribution is 2.17. The predicted octanol–water partition coefficient (Wildman–Crippen LogP) is 0.954. The van der Waals surface area contributed by atoms with Crippen molar-refractivity contribution in [2.24, 2.45) is 0 Å². The maximum atomic E-state index is 12.9. The van der Waals surface area contributed by atoms with E-state index >= 15 is 0 Å². The van der Waals surface area contributed by atoms with E-state index in [4.69, 9.17) is 9.47 Å².